The first-order valence-corrected chi connectivity index (χ1v) is 20.3. The monoisotopic (exact) mass is 730 g/mol. The summed E-state index contributed by atoms with van der Waals surface area (Å²) in [6.45, 7) is 18.6. The van der Waals surface area contributed by atoms with Crippen LogP contribution in [0.5, 0.6) is 11.5 Å². The third-order valence-electron chi connectivity index (χ3n) is 13.3. The number of aryl methyl sites for hydroxylation is 1. The summed E-state index contributed by atoms with van der Waals surface area (Å²) in [6.07, 6.45) is 2.29. The standard InChI is InChI=1S/C51H47BN2O2/c1-30-25-35-33-17-14-20-43-47(33)54(40-18-12-13-19-42(40)55-43)52-45(35)41(26-30)53(39-22-21-32(49(2,3)4)27-34(39)31-15-10-9-11-16-31)48-46(52)36-28-37-38(29-44(36)56-48)51(7,8)24-23-50(37,5)6/h9-22,25-29H,23-24H2,1-8H3. The zero-order valence-corrected chi connectivity index (χ0v) is 33.7. The number of nitrogens with zero attached hydrogens (tertiary/aromatic N) is 2. The summed E-state index contributed by atoms with van der Waals surface area (Å²) in [5.41, 5.74) is 18.1. The van der Waals surface area contributed by atoms with Gasteiger partial charge in [-0.25, -0.2) is 0 Å². The van der Waals surface area contributed by atoms with E-state index in [2.05, 4.69) is 180 Å². The van der Waals surface area contributed by atoms with Crippen LogP contribution in [-0.2, 0) is 16.2 Å². The quantitative estimate of drug-likeness (QED) is 0.166. The maximum absolute atomic E-state index is 7.45. The Kier molecular flexibility index (Phi) is 6.74. The number of benzene rings is 6. The predicted octanol–water partition coefficient (Wildman–Crippen LogP) is 12.9. The summed E-state index contributed by atoms with van der Waals surface area (Å²) in [4.78, 5) is 5.02. The molecule has 0 bridgehead atoms. The van der Waals surface area contributed by atoms with Crippen molar-refractivity contribution in [3.8, 4) is 33.8 Å². The highest BCUT2D eigenvalue weighted by molar-refractivity contribution is 6.95. The fourth-order valence-electron chi connectivity index (χ4n) is 10.2. The van der Waals surface area contributed by atoms with E-state index in [4.69, 9.17) is 9.15 Å². The molecule has 4 nitrogen and oxygen atoms in total. The van der Waals surface area contributed by atoms with Crippen LogP contribution in [0.15, 0.2) is 120 Å². The SMILES string of the molecule is Cc1cc2c3c(c1)N(c1ccc(C(C)(C)C)cc1-c1ccccc1)c1oc4cc5c(cc4c1B3N1c3ccccc3Oc3cccc-2c31)C(C)(C)CCC5(C)C. The normalized spacial score (nSPS) is 16.8. The van der Waals surface area contributed by atoms with Crippen LogP contribution in [0.2, 0.25) is 0 Å². The molecule has 0 amide bonds. The molecule has 4 heterocycles. The number of hydrogen-bond donors (Lipinski definition) is 0. The van der Waals surface area contributed by atoms with Crippen LogP contribution in [0.4, 0.5) is 28.6 Å². The average Bonchev–Trinajstić information content (AvgIpc) is 3.55. The van der Waals surface area contributed by atoms with E-state index in [9.17, 15) is 0 Å². The van der Waals surface area contributed by atoms with Gasteiger partial charge < -0.3 is 14.0 Å². The molecule has 6 aromatic carbocycles. The lowest BCUT2D eigenvalue weighted by molar-refractivity contribution is 0.332. The van der Waals surface area contributed by atoms with E-state index in [1.54, 1.807) is 0 Å². The Morgan fingerprint density at radius 2 is 1.34 bits per heavy atom. The van der Waals surface area contributed by atoms with Gasteiger partial charge in [0.25, 0.3) is 0 Å². The number of fused-ring (bicyclic) bond motifs is 9. The Morgan fingerprint density at radius 3 is 2.11 bits per heavy atom. The van der Waals surface area contributed by atoms with Gasteiger partial charge in [-0.15, -0.1) is 0 Å². The molecular weight excluding hydrogens is 683 g/mol. The first kappa shape index (κ1) is 33.6. The molecule has 3 aliphatic heterocycles. The zero-order chi connectivity index (χ0) is 38.5. The third-order valence-corrected chi connectivity index (χ3v) is 13.3. The molecule has 0 saturated carbocycles. The summed E-state index contributed by atoms with van der Waals surface area (Å²) in [5, 5.41) is 1.19. The largest absolute Gasteiger partial charge is 0.453 e. The molecule has 4 aliphatic rings. The summed E-state index contributed by atoms with van der Waals surface area (Å²) < 4.78 is 14.2. The van der Waals surface area contributed by atoms with Crippen molar-refractivity contribution in [1.82, 2.24) is 0 Å². The van der Waals surface area contributed by atoms with E-state index in [-0.39, 0.29) is 23.1 Å². The molecule has 0 spiro atoms. The van der Waals surface area contributed by atoms with Gasteiger partial charge in [-0.05, 0) is 123 Å². The molecule has 0 fully saturated rings. The van der Waals surface area contributed by atoms with Crippen LogP contribution in [0.1, 0.15) is 83.6 Å². The van der Waals surface area contributed by atoms with Gasteiger partial charge in [-0.3, -0.25) is 4.90 Å². The Morgan fingerprint density at radius 1 is 0.625 bits per heavy atom. The lowest BCUT2D eigenvalue weighted by Gasteiger charge is -2.46. The molecule has 0 radical (unpaired) electrons. The zero-order valence-electron chi connectivity index (χ0n) is 33.7. The molecule has 0 atom stereocenters. The van der Waals surface area contributed by atoms with Gasteiger partial charge >= 0.3 is 6.85 Å². The van der Waals surface area contributed by atoms with Gasteiger partial charge in [-0.2, -0.15) is 0 Å². The van der Waals surface area contributed by atoms with Crippen LogP contribution >= 0.6 is 0 Å². The van der Waals surface area contributed by atoms with Crippen molar-refractivity contribution in [2.24, 2.45) is 0 Å². The Labute approximate surface area is 330 Å². The van der Waals surface area contributed by atoms with Crippen molar-refractivity contribution < 1.29 is 9.15 Å². The summed E-state index contributed by atoms with van der Waals surface area (Å²) in [7, 11) is 0. The number of furan rings is 1. The Bertz CT molecular complexity index is 2800. The topological polar surface area (TPSA) is 28.9 Å². The van der Waals surface area contributed by atoms with E-state index in [1.165, 1.54) is 60.8 Å². The molecular formula is C51H47BN2O2. The number of para-hydroxylation sites is 3. The second-order valence-electron chi connectivity index (χ2n) is 18.9. The Hall–Kier alpha value is -5.68. The van der Waals surface area contributed by atoms with Crippen LogP contribution in [0.3, 0.4) is 0 Å². The highest BCUT2D eigenvalue weighted by Gasteiger charge is 2.51. The molecule has 5 heteroatoms. The first-order valence-electron chi connectivity index (χ1n) is 20.3. The fraction of sp³-hybridized carbons (Fsp3) is 0.255. The van der Waals surface area contributed by atoms with Gasteiger partial charge in [0, 0.05) is 27.7 Å². The van der Waals surface area contributed by atoms with E-state index < -0.39 is 0 Å². The van der Waals surface area contributed by atoms with E-state index in [0.29, 0.717) is 0 Å². The molecule has 0 unspecified atom stereocenters. The molecule has 7 aromatic rings. The average molecular weight is 731 g/mol. The maximum Gasteiger partial charge on any atom is 0.337 e. The minimum Gasteiger partial charge on any atom is -0.453 e. The lowest BCUT2D eigenvalue weighted by atomic mass is 9.43. The molecule has 276 valence electrons. The molecule has 56 heavy (non-hydrogen) atoms. The highest BCUT2D eigenvalue weighted by Crippen LogP contribution is 2.57. The predicted molar refractivity (Wildman–Crippen MR) is 234 cm³/mol. The van der Waals surface area contributed by atoms with Crippen molar-refractivity contribution in [1.29, 1.82) is 0 Å². The van der Waals surface area contributed by atoms with Crippen LogP contribution in [-0.4, -0.2) is 6.85 Å². The molecule has 1 aliphatic carbocycles. The van der Waals surface area contributed by atoms with Crippen LogP contribution in [0, 0.1) is 6.92 Å². The van der Waals surface area contributed by atoms with Crippen molar-refractivity contribution in [2.45, 2.75) is 84.5 Å². The van der Waals surface area contributed by atoms with Gasteiger partial charge in [0.1, 0.15) is 11.3 Å². The van der Waals surface area contributed by atoms with Gasteiger partial charge in [0.05, 0.1) is 17.1 Å². The second kappa shape index (κ2) is 11.2. The first-order chi connectivity index (χ1) is 26.8. The maximum atomic E-state index is 7.45. The van der Waals surface area contributed by atoms with Gasteiger partial charge in [0.15, 0.2) is 5.75 Å². The van der Waals surface area contributed by atoms with E-state index in [0.717, 1.165) is 58.6 Å². The smallest absolute Gasteiger partial charge is 0.337 e. The summed E-state index contributed by atoms with van der Waals surface area (Å²) >= 11 is 0. The van der Waals surface area contributed by atoms with Crippen molar-refractivity contribution in [2.75, 3.05) is 9.71 Å². The van der Waals surface area contributed by atoms with Crippen LogP contribution < -0.4 is 25.4 Å². The van der Waals surface area contributed by atoms with Gasteiger partial charge in [0.2, 0.25) is 5.88 Å². The fourth-order valence-corrected chi connectivity index (χ4v) is 10.2. The van der Waals surface area contributed by atoms with E-state index >= 15 is 0 Å². The van der Waals surface area contributed by atoms with Gasteiger partial charge in [-0.1, -0.05) is 115 Å². The number of ether oxygens (including phenoxy) is 1. The number of rotatable bonds is 2. The minimum atomic E-state index is -0.154. The molecule has 0 saturated heterocycles. The summed E-state index contributed by atoms with van der Waals surface area (Å²) in [6, 6.07) is 42.7. The second-order valence-corrected chi connectivity index (χ2v) is 18.9. The van der Waals surface area contributed by atoms with Crippen molar-refractivity contribution >= 4 is 57.4 Å². The highest BCUT2D eigenvalue weighted by atomic mass is 16.5. The Balaban J connectivity index is 1.30. The van der Waals surface area contributed by atoms with E-state index in [1.807, 2.05) is 0 Å². The number of hydrogen-bond acceptors (Lipinski definition) is 4. The molecule has 0 N–H and O–H groups in total. The third kappa shape index (κ3) is 4.60. The lowest BCUT2D eigenvalue weighted by Crippen LogP contribution is -2.61. The van der Waals surface area contributed by atoms with Crippen molar-refractivity contribution in [3.05, 3.63) is 138 Å². The molecule has 11 rings (SSSR count). The van der Waals surface area contributed by atoms with Crippen LogP contribution in [0.25, 0.3) is 33.2 Å². The van der Waals surface area contributed by atoms with Crippen molar-refractivity contribution in [3.63, 3.8) is 0 Å². The summed E-state index contributed by atoms with van der Waals surface area (Å²) in [5.74, 6) is 2.64. The number of anilines is 5. The molecule has 1 aromatic heterocycles. The minimum absolute atomic E-state index is 0.0219.